The summed E-state index contributed by atoms with van der Waals surface area (Å²) in [6.45, 7) is 0. The van der Waals surface area contributed by atoms with Gasteiger partial charge in [0.1, 0.15) is 5.82 Å². The third-order valence-corrected chi connectivity index (χ3v) is 4.32. The van der Waals surface area contributed by atoms with Crippen molar-refractivity contribution in [2.24, 2.45) is 5.92 Å². The molecule has 2 aromatic rings. The van der Waals surface area contributed by atoms with Crippen molar-refractivity contribution in [1.82, 2.24) is 9.55 Å². The lowest BCUT2D eigenvalue weighted by Crippen LogP contribution is -2.28. The minimum absolute atomic E-state index is 0.0558. The Morgan fingerprint density at radius 1 is 1.00 bits per heavy atom. The lowest BCUT2D eigenvalue weighted by molar-refractivity contribution is -0.183. The lowest BCUT2D eigenvalue weighted by atomic mass is 9.85. The lowest BCUT2D eigenvalue weighted by Gasteiger charge is -2.30. The van der Waals surface area contributed by atoms with Crippen LogP contribution < -0.4 is 0 Å². The quantitative estimate of drug-likeness (QED) is 0.715. The fraction of sp³-hybridized carbons (Fsp3) is 0.438. The zero-order valence-corrected chi connectivity index (χ0v) is 11.9. The molecule has 0 radical (unpaired) electrons. The first-order chi connectivity index (χ1) is 10.4. The van der Waals surface area contributed by atoms with Crippen LogP contribution >= 0.6 is 0 Å². The molecule has 2 nitrogen and oxygen atoms in total. The van der Waals surface area contributed by atoms with Crippen molar-refractivity contribution in [2.45, 2.75) is 37.9 Å². The Labute approximate surface area is 125 Å². The van der Waals surface area contributed by atoms with Crippen molar-refractivity contribution < 1.29 is 17.6 Å². The van der Waals surface area contributed by atoms with Gasteiger partial charge < -0.3 is 4.57 Å². The van der Waals surface area contributed by atoms with E-state index in [0.29, 0.717) is 18.5 Å². The number of imidazole rings is 1. The number of rotatable bonds is 2. The second kappa shape index (κ2) is 5.74. The van der Waals surface area contributed by atoms with Crippen molar-refractivity contribution in [1.29, 1.82) is 0 Å². The van der Waals surface area contributed by atoms with Crippen LogP contribution in [0.15, 0.2) is 36.8 Å². The molecule has 1 aromatic heterocycles. The SMILES string of the molecule is Fc1ccc(-c2cn([C@H]3CC[C@H](C(F)(F)F)CC3)cn2)cc1. The molecule has 6 heteroatoms. The van der Waals surface area contributed by atoms with E-state index in [1.165, 1.54) is 12.1 Å². The van der Waals surface area contributed by atoms with Gasteiger partial charge in [0.15, 0.2) is 0 Å². The first-order valence-corrected chi connectivity index (χ1v) is 7.29. The molecule has 1 saturated carbocycles. The normalized spacial score (nSPS) is 22.7. The number of hydrogen-bond acceptors (Lipinski definition) is 1. The molecule has 0 aliphatic heterocycles. The minimum Gasteiger partial charge on any atom is -0.334 e. The monoisotopic (exact) mass is 312 g/mol. The van der Waals surface area contributed by atoms with Gasteiger partial charge in [-0.1, -0.05) is 0 Å². The van der Waals surface area contributed by atoms with E-state index in [0.717, 1.165) is 5.56 Å². The highest BCUT2D eigenvalue weighted by Gasteiger charge is 2.41. The summed E-state index contributed by atoms with van der Waals surface area (Å²) < 4.78 is 52.8. The third kappa shape index (κ3) is 3.15. The largest absolute Gasteiger partial charge is 0.391 e. The first-order valence-electron chi connectivity index (χ1n) is 7.29. The molecular weight excluding hydrogens is 296 g/mol. The van der Waals surface area contributed by atoms with E-state index in [9.17, 15) is 17.6 Å². The second-order valence-electron chi connectivity index (χ2n) is 5.76. The molecule has 1 aliphatic rings. The molecule has 0 amide bonds. The number of nitrogens with zero attached hydrogens (tertiary/aromatic N) is 2. The zero-order chi connectivity index (χ0) is 15.7. The average molecular weight is 312 g/mol. The molecule has 1 aliphatic carbocycles. The summed E-state index contributed by atoms with van der Waals surface area (Å²) in [5, 5.41) is 0. The number of benzene rings is 1. The molecule has 3 rings (SSSR count). The maximum absolute atomic E-state index is 12.9. The Kier molecular flexibility index (Phi) is 3.93. The molecule has 1 aromatic carbocycles. The van der Waals surface area contributed by atoms with E-state index in [4.69, 9.17) is 0 Å². The first kappa shape index (κ1) is 15.1. The standard InChI is InChI=1S/C16H16F4N2/c17-13-5-1-11(2-6-13)15-9-22(10-21-15)14-7-3-12(4-8-14)16(18,19)20/h1-2,5-6,9-10,12,14H,3-4,7-8H2/t12-,14-. The Hall–Kier alpha value is -1.85. The minimum atomic E-state index is -4.08. The Morgan fingerprint density at radius 2 is 1.64 bits per heavy atom. The van der Waals surface area contributed by atoms with Gasteiger partial charge >= 0.3 is 6.18 Å². The van der Waals surface area contributed by atoms with Crippen molar-refractivity contribution in [3.05, 3.63) is 42.6 Å². The molecule has 118 valence electrons. The Balaban J connectivity index is 1.69. The fourth-order valence-electron chi connectivity index (χ4n) is 3.01. The van der Waals surface area contributed by atoms with Crippen LogP contribution in [0.2, 0.25) is 0 Å². The molecule has 0 N–H and O–H groups in total. The predicted molar refractivity (Wildman–Crippen MR) is 74.7 cm³/mol. The van der Waals surface area contributed by atoms with Crippen molar-refractivity contribution >= 4 is 0 Å². The van der Waals surface area contributed by atoms with Crippen LogP contribution in [-0.2, 0) is 0 Å². The Morgan fingerprint density at radius 3 is 2.23 bits per heavy atom. The highest BCUT2D eigenvalue weighted by atomic mass is 19.4. The summed E-state index contributed by atoms with van der Waals surface area (Å²) in [6, 6.07) is 6.07. The van der Waals surface area contributed by atoms with Gasteiger partial charge in [-0.15, -0.1) is 0 Å². The summed E-state index contributed by atoms with van der Waals surface area (Å²) in [4.78, 5) is 4.28. The fourth-order valence-corrected chi connectivity index (χ4v) is 3.01. The molecule has 0 bridgehead atoms. The molecule has 0 atom stereocenters. The van der Waals surface area contributed by atoms with E-state index in [1.807, 2.05) is 10.8 Å². The molecule has 1 heterocycles. The van der Waals surface area contributed by atoms with E-state index < -0.39 is 12.1 Å². The maximum Gasteiger partial charge on any atom is 0.391 e. The summed E-state index contributed by atoms with van der Waals surface area (Å²) in [6.07, 6.45) is 0.728. The summed E-state index contributed by atoms with van der Waals surface area (Å²) >= 11 is 0. The molecule has 0 spiro atoms. The van der Waals surface area contributed by atoms with E-state index in [2.05, 4.69) is 4.98 Å². The van der Waals surface area contributed by atoms with Gasteiger partial charge in [-0.3, -0.25) is 0 Å². The van der Waals surface area contributed by atoms with Crippen molar-refractivity contribution in [3.63, 3.8) is 0 Å². The van der Waals surface area contributed by atoms with Crippen LogP contribution in [0.25, 0.3) is 11.3 Å². The van der Waals surface area contributed by atoms with E-state index in [1.54, 1.807) is 18.5 Å². The van der Waals surface area contributed by atoms with E-state index >= 15 is 0 Å². The molecule has 1 fully saturated rings. The number of alkyl halides is 3. The average Bonchev–Trinajstić information content (AvgIpc) is 2.97. The highest BCUT2D eigenvalue weighted by molar-refractivity contribution is 5.57. The van der Waals surface area contributed by atoms with Crippen LogP contribution in [0.1, 0.15) is 31.7 Å². The van der Waals surface area contributed by atoms with Crippen LogP contribution in [-0.4, -0.2) is 15.7 Å². The summed E-state index contributed by atoms with van der Waals surface area (Å²) in [5.74, 6) is -1.49. The van der Waals surface area contributed by atoms with Gasteiger partial charge in [0, 0.05) is 17.8 Å². The van der Waals surface area contributed by atoms with Crippen LogP contribution in [0.5, 0.6) is 0 Å². The number of halogens is 4. The van der Waals surface area contributed by atoms with Crippen molar-refractivity contribution in [2.75, 3.05) is 0 Å². The van der Waals surface area contributed by atoms with Crippen molar-refractivity contribution in [3.8, 4) is 11.3 Å². The molecule has 0 unspecified atom stereocenters. The molecule has 0 saturated heterocycles. The second-order valence-corrected chi connectivity index (χ2v) is 5.76. The highest BCUT2D eigenvalue weighted by Crippen LogP contribution is 2.41. The van der Waals surface area contributed by atoms with Crippen LogP contribution in [0.3, 0.4) is 0 Å². The van der Waals surface area contributed by atoms with E-state index in [-0.39, 0.29) is 24.7 Å². The smallest absolute Gasteiger partial charge is 0.334 e. The van der Waals surface area contributed by atoms with Crippen LogP contribution in [0, 0.1) is 11.7 Å². The van der Waals surface area contributed by atoms with Gasteiger partial charge in [0.2, 0.25) is 0 Å². The third-order valence-electron chi connectivity index (χ3n) is 4.32. The van der Waals surface area contributed by atoms with Gasteiger partial charge in [-0.2, -0.15) is 13.2 Å². The number of hydrogen-bond donors (Lipinski definition) is 0. The van der Waals surface area contributed by atoms with Gasteiger partial charge in [0.25, 0.3) is 0 Å². The van der Waals surface area contributed by atoms with Gasteiger partial charge in [-0.05, 0) is 49.9 Å². The molecule has 22 heavy (non-hydrogen) atoms. The van der Waals surface area contributed by atoms with Gasteiger partial charge in [-0.25, -0.2) is 9.37 Å². The summed E-state index contributed by atoms with van der Waals surface area (Å²) in [7, 11) is 0. The molecular formula is C16H16F4N2. The zero-order valence-electron chi connectivity index (χ0n) is 11.9. The van der Waals surface area contributed by atoms with Crippen LogP contribution in [0.4, 0.5) is 17.6 Å². The summed E-state index contributed by atoms with van der Waals surface area (Å²) in [5.41, 5.74) is 1.50. The Bertz CT molecular complexity index is 622. The predicted octanol–water partition coefficient (Wildman–Crippen LogP) is 4.98. The maximum atomic E-state index is 12.9. The number of aromatic nitrogens is 2. The topological polar surface area (TPSA) is 17.8 Å². The van der Waals surface area contributed by atoms with Gasteiger partial charge in [0.05, 0.1) is 17.9 Å².